The first kappa shape index (κ1) is 17.1. The summed E-state index contributed by atoms with van der Waals surface area (Å²) in [4.78, 5) is 10.8. The first-order valence-corrected chi connectivity index (χ1v) is 8.51. The van der Waals surface area contributed by atoms with Gasteiger partial charge < -0.3 is 9.47 Å². The van der Waals surface area contributed by atoms with Gasteiger partial charge in [-0.25, -0.2) is 13.8 Å². The van der Waals surface area contributed by atoms with Gasteiger partial charge in [0.05, 0.1) is 11.7 Å². The fourth-order valence-electron chi connectivity index (χ4n) is 3.22. The Morgan fingerprint density at radius 2 is 1.96 bits per heavy atom. The number of nitrogens with zero attached hydrogens (tertiary/aromatic N) is 4. The van der Waals surface area contributed by atoms with E-state index in [0.717, 1.165) is 39.8 Å². The highest BCUT2D eigenvalue weighted by Crippen LogP contribution is 2.29. The van der Waals surface area contributed by atoms with Crippen LogP contribution < -0.4 is 0 Å². The second kappa shape index (κ2) is 6.46. The number of pyridine rings is 1. The van der Waals surface area contributed by atoms with Gasteiger partial charge in [0, 0.05) is 37.3 Å². The van der Waals surface area contributed by atoms with Gasteiger partial charge >= 0.3 is 0 Å². The maximum atomic E-state index is 13.7. The Morgan fingerprint density at radius 1 is 1.15 bits per heavy atom. The lowest BCUT2D eigenvalue weighted by Crippen LogP contribution is -2.16. The highest BCUT2D eigenvalue weighted by molar-refractivity contribution is 5.82. The Kier molecular flexibility index (Phi) is 4.11. The molecule has 0 unspecified atom stereocenters. The van der Waals surface area contributed by atoms with Crippen molar-refractivity contribution in [2.75, 3.05) is 7.05 Å². The molecule has 0 fully saturated rings. The van der Waals surface area contributed by atoms with Gasteiger partial charge in [-0.1, -0.05) is 12.6 Å². The van der Waals surface area contributed by atoms with Crippen molar-refractivity contribution in [3.8, 4) is 0 Å². The molecular formula is C21H18F2N4. The monoisotopic (exact) mass is 364 g/mol. The van der Waals surface area contributed by atoms with Crippen LogP contribution in [0.15, 0.2) is 66.8 Å². The standard InChI is InChI=1S/C21H18F2N4/c1-13-8-16(12-26(3)14(13)2)21-25-19-10-24-7-6-20(19)27(21)11-15-4-5-17(22)18(23)9-15/h4-10,12H,2,11H2,1,3H3. The van der Waals surface area contributed by atoms with E-state index in [1.54, 1.807) is 18.5 Å². The molecule has 0 atom stereocenters. The summed E-state index contributed by atoms with van der Waals surface area (Å²) in [6.07, 6.45) is 7.38. The molecule has 0 radical (unpaired) electrons. The van der Waals surface area contributed by atoms with Crippen molar-refractivity contribution in [2.24, 2.45) is 0 Å². The summed E-state index contributed by atoms with van der Waals surface area (Å²) >= 11 is 0. The van der Waals surface area contributed by atoms with Crippen LogP contribution in [-0.2, 0) is 6.54 Å². The van der Waals surface area contributed by atoms with E-state index in [9.17, 15) is 8.78 Å². The van der Waals surface area contributed by atoms with E-state index in [4.69, 9.17) is 4.98 Å². The highest BCUT2D eigenvalue weighted by Gasteiger charge is 2.19. The molecular weight excluding hydrogens is 346 g/mol. The zero-order valence-electron chi connectivity index (χ0n) is 15.1. The van der Waals surface area contributed by atoms with Crippen molar-refractivity contribution in [3.05, 3.63) is 89.8 Å². The third-order valence-electron chi connectivity index (χ3n) is 4.72. The van der Waals surface area contributed by atoms with E-state index in [0.29, 0.717) is 12.1 Å². The van der Waals surface area contributed by atoms with Crippen LogP contribution in [0.5, 0.6) is 0 Å². The van der Waals surface area contributed by atoms with E-state index in [1.165, 1.54) is 6.07 Å². The molecule has 1 aliphatic rings. The van der Waals surface area contributed by atoms with Crippen molar-refractivity contribution in [3.63, 3.8) is 0 Å². The van der Waals surface area contributed by atoms with E-state index < -0.39 is 11.6 Å². The average Bonchev–Trinajstić information content (AvgIpc) is 3.01. The second-order valence-electron chi connectivity index (χ2n) is 6.60. The summed E-state index contributed by atoms with van der Waals surface area (Å²) in [5.74, 6) is -0.974. The van der Waals surface area contributed by atoms with Gasteiger partial charge in [0.1, 0.15) is 11.3 Å². The Labute approximate surface area is 155 Å². The van der Waals surface area contributed by atoms with E-state index in [-0.39, 0.29) is 0 Å². The number of aromatic nitrogens is 3. The molecule has 3 aromatic rings. The van der Waals surface area contributed by atoms with Crippen LogP contribution in [0.4, 0.5) is 8.78 Å². The molecule has 0 saturated heterocycles. The molecule has 0 spiro atoms. The summed E-state index contributed by atoms with van der Waals surface area (Å²) in [5.41, 5.74) is 5.16. The molecule has 0 saturated carbocycles. The minimum Gasteiger partial charge on any atom is -0.351 e. The van der Waals surface area contributed by atoms with Crippen LogP contribution >= 0.6 is 0 Å². The van der Waals surface area contributed by atoms with E-state index >= 15 is 0 Å². The highest BCUT2D eigenvalue weighted by atomic mass is 19.2. The van der Waals surface area contributed by atoms with Crippen molar-refractivity contribution in [2.45, 2.75) is 13.5 Å². The third-order valence-corrected chi connectivity index (χ3v) is 4.72. The van der Waals surface area contributed by atoms with Crippen molar-refractivity contribution < 1.29 is 8.78 Å². The number of imidazole rings is 1. The lowest BCUT2D eigenvalue weighted by Gasteiger charge is -2.24. The van der Waals surface area contributed by atoms with Gasteiger partial charge in [-0.2, -0.15) is 0 Å². The number of rotatable bonds is 3. The Bertz CT molecular complexity index is 1120. The Balaban J connectivity index is 1.86. The Hall–Kier alpha value is -3.28. The van der Waals surface area contributed by atoms with Gasteiger partial charge in [-0.05, 0) is 42.3 Å². The predicted octanol–water partition coefficient (Wildman–Crippen LogP) is 4.50. The molecule has 1 aromatic carbocycles. The van der Waals surface area contributed by atoms with Crippen LogP contribution in [-0.4, -0.2) is 26.5 Å². The maximum absolute atomic E-state index is 13.7. The topological polar surface area (TPSA) is 34.0 Å². The van der Waals surface area contributed by atoms with Crippen molar-refractivity contribution >= 4 is 16.6 Å². The summed E-state index contributed by atoms with van der Waals surface area (Å²) in [7, 11) is 1.93. The predicted molar refractivity (Wildman–Crippen MR) is 102 cm³/mol. The molecule has 1 aliphatic heterocycles. The molecule has 2 aromatic heterocycles. The van der Waals surface area contributed by atoms with Crippen LogP contribution in [0.25, 0.3) is 16.6 Å². The number of likely N-dealkylation sites (N-methyl/N-ethyl adjacent to an activating group) is 1. The van der Waals surface area contributed by atoms with Gasteiger partial charge in [-0.3, -0.25) is 4.98 Å². The number of benzene rings is 1. The molecule has 6 heteroatoms. The molecule has 0 aliphatic carbocycles. The molecule has 27 heavy (non-hydrogen) atoms. The van der Waals surface area contributed by atoms with Gasteiger partial charge in [0.25, 0.3) is 0 Å². The summed E-state index contributed by atoms with van der Waals surface area (Å²) in [5, 5.41) is 0. The second-order valence-corrected chi connectivity index (χ2v) is 6.60. The summed E-state index contributed by atoms with van der Waals surface area (Å²) in [6, 6.07) is 5.82. The maximum Gasteiger partial charge on any atom is 0.159 e. The molecule has 0 bridgehead atoms. The van der Waals surface area contributed by atoms with Crippen LogP contribution in [0, 0.1) is 11.6 Å². The molecule has 0 amide bonds. The van der Waals surface area contributed by atoms with Crippen molar-refractivity contribution in [1.29, 1.82) is 0 Å². The van der Waals surface area contributed by atoms with Gasteiger partial charge in [0.2, 0.25) is 0 Å². The first-order valence-electron chi connectivity index (χ1n) is 8.51. The lowest BCUT2D eigenvalue weighted by molar-refractivity contribution is 0.506. The zero-order chi connectivity index (χ0) is 19.1. The van der Waals surface area contributed by atoms with Crippen LogP contribution in [0.2, 0.25) is 0 Å². The molecule has 136 valence electrons. The first-order chi connectivity index (χ1) is 12.9. The number of fused-ring (bicyclic) bond motifs is 1. The molecule has 4 nitrogen and oxygen atoms in total. The number of hydrogen-bond donors (Lipinski definition) is 0. The quantitative estimate of drug-likeness (QED) is 0.686. The van der Waals surface area contributed by atoms with E-state index in [1.807, 2.05) is 41.8 Å². The molecule has 4 rings (SSSR count). The SMILES string of the molecule is C=C1C(C)=CC(c2nc3cnccc3n2Cc2ccc(F)c(F)c2)=CN1C. The van der Waals surface area contributed by atoms with Crippen LogP contribution in [0.1, 0.15) is 18.3 Å². The zero-order valence-corrected chi connectivity index (χ0v) is 15.1. The van der Waals surface area contributed by atoms with E-state index in [2.05, 4.69) is 11.6 Å². The Morgan fingerprint density at radius 3 is 2.70 bits per heavy atom. The minimum absolute atomic E-state index is 0.363. The van der Waals surface area contributed by atoms with Crippen molar-refractivity contribution in [1.82, 2.24) is 19.4 Å². The van der Waals surface area contributed by atoms with Gasteiger partial charge in [-0.15, -0.1) is 0 Å². The number of hydrogen-bond acceptors (Lipinski definition) is 3. The normalized spacial score (nSPS) is 14.5. The molecule has 3 heterocycles. The summed E-state index contributed by atoms with van der Waals surface area (Å²) < 4.78 is 29.0. The fraction of sp³-hybridized carbons (Fsp3) is 0.143. The fourth-order valence-corrected chi connectivity index (χ4v) is 3.22. The largest absolute Gasteiger partial charge is 0.351 e. The third kappa shape index (κ3) is 3.03. The smallest absolute Gasteiger partial charge is 0.159 e. The summed E-state index contributed by atoms with van der Waals surface area (Å²) in [6.45, 7) is 6.41. The average molecular weight is 364 g/mol. The molecule has 0 N–H and O–H groups in total. The lowest BCUT2D eigenvalue weighted by atomic mass is 10.1. The van der Waals surface area contributed by atoms with Gasteiger partial charge in [0.15, 0.2) is 11.6 Å². The van der Waals surface area contributed by atoms with Crippen LogP contribution in [0.3, 0.4) is 0 Å². The number of halogens is 2. The minimum atomic E-state index is -0.858. The number of allylic oxidation sites excluding steroid dienone is 3.